The first kappa shape index (κ1) is 11.9. The molecule has 0 bridgehead atoms. The fraction of sp³-hybridized carbons (Fsp3) is 0. The molecule has 0 aliphatic heterocycles. The third-order valence-corrected chi connectivity index (χ3v) is 2.29. The number of nitrogens with zero attached hydrogens (tertiary/aromatic N) is 2. The van der Waals surface area contributed by atoms with Gasteiger partial charge in [-0.2, -0.15) is 0 Å². The quantitative estimate of drug-likeness (QED) is 0.590. The molecule has 0 saturated heterocycles. The van der Waals surface area contributed by atoms with E-state index in [1.807, 2.05) is 48.5 Å². The molecule has 18 heavy (non-hydrogen) atoms. The van der Waals surface area contributed by atoms with Crippen molar-refractivity contribution in [3.05, 3.63) is 60.8 Å². The molecular formula is C14H14N4. The van der Waals surface area contributed by atoms with Crippen molar-refractivity contribution in [1.29, 1.82) is 0 Å². The van der Waals surface area contributed by atoms with Crippen LogP contribution in [0.25, 0.3) is 10.9 Å². The molecule has 1 aromatic heterocycles. The van der Waals surface area contributed by atoms with Crippen LogP contribution in [0.1, 0.15) is 0 Å². The molecule has 0 unspecified atom stereocenters. The van der Waals surface area contributed by atoms with E-state index < -0.39 is 0 Å². The van der Waals surface area contributed by atoms with E-state index in [1.54, 1.807) is 12.3 Å². The molecule has 4 heteroatoms. The third kappa shape index (κ3) is 3.18. The highest BCUT2D eigenvalue weighted by Crippen LogP contribution is 2.14. The maximum atomic E-state index is 5.58. The van der Waals surface area contributed by atoms with Crippen LogP contribution in [0.2, 0.25) is 0 Å². The molecule has 4 N–H and O–H groups in total. The number of hydrogen-bond acceptors (Lipinski definition) is 4. The summed E-state index contributed by atoms with van der Waals surface area (Å²) in [4.78, 5) is 7.89. The molecule has 0 atom stereocenters. The van der Waals surface area contributed by atoms with Crippen LogP contribution in [-0.4, -0.2) is 9.97 Å². The zero-order valence-electron chi connectivity index (χ0n) is 9.82. The molecule has 0 fully saturated rings. The Morgan fingerprint density at radius 3 is 2.06 bits per heavy atom. The van der Waals surface area contributed by atoms with E-state index in [0.717, 1.165) is 10.9 Å². The van der Waals surface area contributed by atoms with Crippen LogP contribution >= 0.6 is 0 Å². The Morgan fingerprint density at radius 1 is 0.833 bits per heavy atom. The first-order chi connectivity index (χ1) is 8.75. The lowest BCUT2D eigenvalue weighted by molar-refractivity contribution is 1.24. The molecule has 0 radical (unpaired) electrons. The lowest BCUT2D eigenvalue weighted by atomic mass is 10.2. The highest BCUT2D eigenvalue weighted by atomic mass is 15.0. The number of nitrogens with two attached hydrogens (primary N) is 2. The van der Waals surface area contributed by atoms with Crippen molar-refractivity contribution in [3.8, 4) is 0 Å². The third-order valence-electron chi connectivity index (χ3n) is 2.29. The Labute approximate surface area is 105 Å². The van der Waals surface area contributed by atoms with Crippen molar-refractivity contribution in [1.82, 2.24) is 9.97 Å². The highest BCUT2D eigenvalue weighted by molar-refractivity contribution is 5.81. The minimum atomic E-state index is 0.285. The number of hydrogen-bond donors (Lipinski definition) is 2. The Kier molecular flexibility index (Phi) is 3.71. The van der Waals surface area contributed by atoms with Crippen molar-refractivity contribution in [3.63, 3.8) is 0 Å². The minimum absolute atomic E-state index is 0.285. The fourth-order valence-electron chi connectivity index (χ4n) is 1.45. The van der Waals surface area contributed by atoms with Crippen LogP contribution in [0, 0.1) is 0 Å². The van der Waals surface area contributed by atoms with E-state index in [0.29, 0.717) is 5.69 Å². The van der Waals surface area contributed by atoms with Gasteiger partial charge >= 0.3 is 0 Å². The summed E-state index contributed by atoms with van der Waals surface area (Å²) in [6.07, 6.45) is 1.66. The lowest BCUT2D eigenvalue weighted by Gasteiger charge is -1.98. The van der Waals surface area contributed by atoms with Crippen molar-refractivity contribution in [2.24, 2.45) is 0 Å². The van der Waals surface area contributed by atoms with E-state index >= 15 is 0 Å². The molecule has 2 aromatic carbocycles. The monoisotopic (exact) mass is 238 g/mol. The first-order valence-corrected chi connectivity index (χ1v) is 5.53. The zero-order chi connectivity index (χ0) is 12.8. The maximum absolute atomic E-state index is 5.58. The second-order valence-corrected chi connectivity index (χ2v) is 3.70. The molecule has 4 nitrogen and oxygen atoms in total. The van der Waals surface area contributed by atoms with Gasteiger partial charge in [0, 0.05) is 17.3 Å². The maximum Gasteiger partial charge on any atom is 0.220 e. The predicted octanol–water partition coefficient (Wildman–Crippen LogP) is 2.48. The normalized spacial score (nSPS) is 9.56. The Balaban J connectivity index is 0.000000169. The van der Waals surface area contributed by atoms with Gasteiger partial charge in [-0.1, -0.05) is 36.4 Å². The molecule has 0 amide bonds. The van der Waals surface area contributed by atoms with Crippen molar-refractivity contribution in [2.45, 2.75) is 0 Å². The first-order valence-electron chi connectivity index (χ1n) is 5.53. The van der Waals surface area contributed by atoms with Crippen molar-refractivity contribution in [2.75, 3.05) is 11.5 Å². The molecule has 1 heterocycles. The molecule has 90 valence electrons. The van der Waals surface area contributed by atoms with E-state index in [1.165, 1.54) is 0 Å². The average Bonchev–Trinajstić information content (AvgIpc) is 2.42. The Bertz CT molecular complexity index is 555. The zero-order valence-corrected chi connectivity index (χ0v) is 9.82. The van der Waals surface area contributed by atoms with Gasteiger partial charge < -0.3 is 11.5 Å². The summed E-state index contributed by atoms with van der Waals surface area (Å²) in [7, 11) is 0. The lowest BCUT2D eigenvalue weighted by Crippen LogP contribution is -1.94. The smallest absolute Gasteiger partial charge is 0.220 e. The van der Waals surface area contributed by atoms with Crippen molar-refractivity contribution >= 4 is 22.5 Å². The second kappa shape index (κ2) is 5.63. The van der Waals surface area contributed by atoms with Gasteiger partial charge in [0.2, 0.25) is 5.95 Å². The van der Waals surface area contributed by atoms with Gasteiger partial charge in [0.05, 0.1) is 5.52 Å². The molecule has 0 saturated carbocycles. The van der Waals surface area contributed by atoms with E-state index in [4.69, 9.17) is 11.5 Å². The molecule has 0 aliphatic rings. The second-order valence-electron chi connectivity index (χ2n) is 3.70. The number of fused-ring (bicyclic) bond motifs is 1. The van der Waals surface area contributed by atoms with E-state index in [2.05, 4.69) is 9.97 Å². The summed E-state index contributed by atoms with van der Waals surface area (Å²) in [6, 6.07) is 17.4. The summed E-state index contributed by atoms with van der Waals surface area (Å²) in [6.45, 7) is 0. The van der Waals surface area contributed by atoms with Gasteiger partial charge in [-0.25, -0.2) is 9.97 Å². The van der Waals surface area contributed by atoms with E-state index in [-0.39, 0.29) is 5.95 Å². The van der Waals surface area contributed by atoms with Crippen LogP contribution in [0.5, 0.6) is 0 Å². The van der Waals surface area contributed by atoms with Crippen LogP contribution in [0.15, 0.2) is 60.8 Å². The average molecular weight is 238 g/mol. The Morgan fingerprint density at radius 2 is 1.44 bits per heavy atom. The SMILES string of the molecule is Nc1ccc2nc(N)ncc2c1.c1ccccc1. The summed E-state index contributed by atoms with van der Waals surface area (Å²) in [5.74, 6) is 0.285. The van der Waals surface area contributed by atoms with Gasteiger partial charge in [0.25, 0.3) is 0 Å². The molecule has 3 aromatic rings. The number of anilines is 2. The van der Waals surface area contributed by atoms with Gasteiger partial charge in [0.15, 0.2) is 0 Å². The van der Waals surface area contributed by atoms with Crippen LogP contribution in [0.3, 0.4) is 0 Å². The van der Waals surface area contributed by atoms with Gasteiger partial charge in [-0.15, -0.1) is 0 Å². The van der Waals surface area contributed by atoms with Crippen LogP contribution in [-0.2, 0) is 0 Å². The predicted molar refractivity (Wildman–Crippen MR) is 74.8 cm³/mol. The standard InChI is InChI=1S/C8H8N4.C6H6/c9-6-1-2-7-5(3-6)4-11-8(10)12-7;1-2-4-6-5-3-1/h1-4H,9H2,(H2,10,11,12);1-6H. The molecule has 0 aliphatic carbocycles. The van der Waals surface area contributed by atoms with Crippen LogP contribution < -0.4 is 11.5 Å². The fourth-order valence-corrected chi connectivity index (χ4v) is 1.45. The number of nitrogen functional groups attached to an aromatic ring is 2. The highest BCUT2D eigenvalue weighted by Gasteiger charge is 1.95. The van der Waals surface area contributed by atoms with Crippen molar-refractivity contribution < 1.29 is 0 Å². The summed E-state index contributed by atoms with van der Waals surface area (Å²) >= 11 is 0. The largest absolute Gasteiger partial charge is 0.399 e. The summed E-state index contributed by atoms with van der Waals surface area (Å²) < 4.78 is 0. The molecule has 3 rings (SSSR count). The summed E-state index contributed by atoms with van der Waals surface area (Å²) in [5.41, 5.74) is 12.5. The minimum Gasteiger partial charge on any atom is -0.399 e. The molecular weight excluding hydrogens is 224 g/mol. The topological polar surface area (TPSA) is 77.8 Å². The summed E-state index contributed by atoms with van der Waals surface area (Å²) in [5, 5.41) is 0.907. The van der Waals surface area contributed by atoms with Gasteiger partial charge in [0.1, 0.15) is 0 Å². The van der Waals surface area contributed by atoms with Crippen LogP contribution in [0.4, 0.5) is 11.6 Å². The van der Waals surface area contributed by atoms with Gasteiger partial charge in [-0.3, -0.25) is 0 Å². The number of rotatable bonds is 0. The number of benzene rings is 2. The van der Waals surface area contributed by atoms with E-state index in [9.17, 15) is 0 Å². The van der Waals surface area contributed by atoms with Gasteiger partial charge in [-0.05, 0) is 18.2 Å². The number of aromatic nitrogens is 2. The molecule has 0 spiro atoms. The Hall–Kier alpha value is -2.62.